The van der Waals surface area contributed by atoms with Crippen molar-refractivity contribution in [3.05, 3.63) is 83.9 Å². The summed E-state index contributed by atoms with van der Waals surface area (Å²) in [6.07, 6.45) is 3.37. The zero-order valence-electron chi connectivity index (χ0n) is 23.4. The smallest absolute Gasteiger partial charge is 0.350 e. The van der Waals surface area contributed by atoms with Gasteiger partial charge in [0.1, 0.15) is 11.2 Å². The van der Waals surface area contributed by atoms with Crippen molar-refractivity contribution in [2.45, 2.75) is 25.4 Å². The number of oxazole rings is 1. The van der Waals surface area contributed by atoms with Crippen LogP contribution in [0, 0.1) is 5.92 Å². The van der Waals surface area contributed by atoms with Gasteiger partial charge in [-0.2, -0.15) is 8.78 Å². The number of amides is 2. The topological polar surface area (TPSA) is 135 Å². The van der Waals surface area contributed by atoms with Crippen molar-refractivity contribution in [1.82, 2.24) is 40.0 Å². The molecule has 1 saturated heterocycles. The summed E-state index contributed by atoms with van der Waals surface area (Å²) in [7, 11) is 0. The van der Waals surface area contributed by atoms with Gasteiger partial charge >= 0.3 is 6.55 Å². The molecule has 0 bridgehead atoms. The van der Waals surface area contributed by atoms with E-state index in [0.29, 0.717) is 59.2 Å². The maximum atomic E-state index is 13.5. The van der Waals surface area contributed by atoms with E-state index in [-0.39, 0.29) is 29.3 Å². The Balaban J connectivity index is 1.05. The number of hydrogen-bond donors (Lipinski definition) is 1. The number of benzene rings is 2. The van der Waals surface area contributed by atoms with E-state index in [1.54, 1.807) is 41.4 Å². The maximum Gasteiger partial charge on any atom is 0.350 e. The molecule has 14 heteroatoms. The normalized spacial score (nSPS) is 16.4. The molecule has 224 valence electrons. The first-order valence-corrected chi connectivity index (χ1v) is 14.3. The molecule has 5 aromatic rings. The van der Waals surface area contributed by atoms with Gasteiger partial charge in [-0.15, -0.1) is 10.2 Å². The lowest BCUT2D eigenvalue weighted by atomic mass is 10.0. The fourth-order valence-electron chi connectivity index (χ4n) is 5.33. The Morgan fingerprint density at radius 2 is 1.77 bits per heavy atom. The standard InChI is InChI=1S/C30H27F2N9O3/c31-30(32)41-37-26(36-38-41)25(18-4-2-1-3-5-18)39-12-14-40(15-13-39)29(43)23-16-20(10-11-33-23)28-35-22-17-21(8-9-24(22)44-28)34-27(42)19-6-7-19/h1-5,8-11,16-17,19,25,30H,6-7,12-15H2,(H,34,42). The lowest BCUT2D eigenvalue weighted by Gasteiger charge is -2.38. The number of nitrogens with one attached hydrogen (secondary N) is 1. The summed E-state index contributed by atoms with van der Waals surface area (Å²) in [4.78, 5) is 38.6. The number of anilines is 1. The minimum absolute atomic E-state index is 0.0120. The van der Waals surface area contributed by atoms with Gasteiger partial charge < -0.3 is 14.6 Å². The van der Waals surface area contributed by atoms with Crippen LogP contribution in [0.15, 0.2) is 71.3 Å². The highest BCUT2D eigenvalue weighted by atomic mass is 19.3. The number of rotatable bonds is 8. The maximum absolute atomic E-state index is 13.5. The molecule has 1 aliphatic carbocycles. The van der Waals surface area contributed by atoms with Crippen molar-refractivity contribution >= 4 is 28.6 Å². The van der Waals surface area contributed by atoms with E-state index in [2.05, 4.69) is 35.6 Å². The Labute approximate surface area is 249 Å². The summed E-state index contributed by atoms with van der Waals surface area (Å²) < 4.78 is 32.3. The average molecular weight is 600 g/mol. The first-order valence-electron chi connectivity index (χ1n) is 14.3. The number of piperazine rings is 1. The molecule has 2 fully saturated rings. The van der Waals surface area contributed by atoms with E-state index in [4.69, 9.17) is 4.42 Å². The van der Waals surface area contributed by atoms with E-state index in [0.717, 1.165) is 18.4 Å². The highest BCUT2D eigenvalue weighted by molar-refractivity contribution is 5.96. The molecule has 2 aromatic carbocycles. The van der Waals surface area contributed by atoms with Crippen LogP contribution in [-0.2, 0) is 4.79 Å². The third kappa shape index (κ3) is 5.63. The molecule has 12 nitrogen and oxygen atoms in total. The van der Waals surface area contributed by atoms with Gasteiger partial charge in [0, 0.05) is 49.5 Å². The first kappa shape index (κ1) is 27.7. The number of tetrazole rings is 1. The number of aromatic nitrogens is 6. The fourth-order valence-corrected chi connectivity index (χ4v) is 5.33. The minimum atomic E-state index is -2.89. The van der Waals surface area contributed by atoms with Crippen LogP contribution in [0.1, 0.15) is 47.3 Å². The molecular formula is C30H27F2N9O3. The average Bonchev–Trinajstić information content (AvgIpc) is 3.64. The summed E-state index contributed by atoms with van der Waals surface area (Å²) in [5, 5.41) is 14.3. The van der Waals surface area contributed by atoms with Gasteiger partial charge in [0.25, 0.3) is 5.91 Å². The molecular weight excluding hydrogens is 572 g/mol. The molecule has 0 radical (unpaired) electrons. The van der Waals surface area contributed by atoms with Gasteiger partial charge in [0.2, 0.25) is 11.8 Å². The summed E-state index contributed by atoms with van der Waals surface area (Å²) in [6.45, 7) is -1.21. The van der Waals surface area contributed by atoms with Crippen molar-refractivity contribution in [2.24, 2.45) is 5.92 Å². The lowest BCUT2D eigenvalue weighted by molar-refractivity contribution is -0.117. The molecule has 1 saturated carbocycles. The molecule has 3 aromatic heterocycles. The van der Waals surface area contributed by atoms with E-state index in [9.17, 15) is 18.4 Å². The van der Waals surface area contributed by atoms with Crippen LogP contribution in [0.25, 0.3) is 22.6 Å². The van der Waals surface area contributed by atoms with Gasteiger partial charge in [0.15, 0.2) is 11.4 Å². The third-order valence-corrected chi connectivity index (χ3v) is 7.77. The Morgan fingerprint density at radius 3 is 2.50 bits per heavy atom. The second-order valence-electron chi connectivity index (χ2n) is 10.8. The number of nitrogens with zero attached hydrogens (tertiary/aromatic N) is 8. The largest absolute Gasteiger partial charge is 0.436 e. The third-order valence-electron chi connectivity index (χ3n) is 7.77. The second-order valence-corrected chi connectivity index (χ2v) is 10.8. The highest BCUT2D eigenvalue weighted by Gasteiger charge is 2.32. The zero-order valence-corrected chi connectivity index (χ0v) is 23.4. The van der Waals surface area contributed by atoms with Crippen LogP contribution in [-0.4, -0.2) is 78.0 Å². The Bertz CT molecular complexity index is 1810. The second kappa shape index (κ2) is 11.5. The van der Waals surface area contributed by atoms with Gasteiger partial charge in [-0.25, -0.2) is 4.98 Å². The SMILES string of the molecule is O=C(Nc1ccc2oc(-c3ccnc(C(=O)N4CCN(C(c5ccccc5)c5nnn(C(F)F)n5)CC4)c3)nc2c1)C1CC1. The van der Waals surface area contributed by atoms with Crippen molar-refractivity contribution in [2.75, 3.05) is 31.5 Å². The number of fused-ring (bicyclic) bond motifs is 1. The number of alkyl halides is 2. The fraction of sp³-hybridized carbons (Fsp3) is 0.300. The summed E-state index contributed by atoms with van der Waals surface area (Å²) in [6, 6.07) is 17.5. The molecule has 2 amide bonds. The quantitative estimate of drug-likeness (QED) is 0.279. The number of carbonyl (C=O) groups is 2. The predicted molar refractivity (Wildman–Crippen MR) is 153 cm³/mol. The van der Waals surface area contributed by atoms with Gasteiger partial charge in [-0.05, 0) is 54.0 Å². The van der Waals surface area contributed by atoms with E-state index in [1.807, 2.05) is 30.3 Å². The molecule has 7 rings (SSSR count). The van der Waals surface area contributed by atoms with Crippen LogP contribution in [0.4, 0.5) is 14.5 Å². The molecule has 1 atom stereocenters. The molecule has 1 N–H and O–H groups in total. The van der Waals surface area contributed by atoms with Crippen molar-refractivity contribution < 1.29 is 22.8 Å². The van der Waals surface area contributed by atoms with Crippen LogP contribution in [0.3, 0.4) is 0 Å². The highest BCUT2D eigenvalue weighted by Crippen LogP contribution is 2.32. The Kier molecular flexibility index (Phi) is 7.26. The van der Waals surface area contributed by atoms with Crippen molar-refractivity contribution in [3.63, 3.8) is 0 Å². The van der Waals surface area contributed by atoms with Crippen LogP contribution in [0.5, 0.6) is 0 Å². The number of hydrogen-bond acceptors (Lipinski definition) is 9. The Hall–Kier alpha value is -5.11. The van der Waals surface area contributed by atoms with Crippen LogP contribution < -0.4 is 5.32 Å². The van der Waals surface area contributed by atoms with Gasteiger partial charge in [-0.3, -0.25) is 19.5 Å². The number of halogens is 2. The number of pyridine rings is 1. The van der Waals surface area contributed by atoms with Crippen LogP contribution >= 0.6 is 0 Å². The lowest BCUT2D eigenvalue weighted by Crippen LogP contribution is -2.50. The summed E-state index contributed by atoms with van der Waals surface area (Å²) in [5.74, 6) is 0.360. The van der Waals surface area contributed by atoms with Crippen molar-refractivity contribution in [1.29, 1.82) is 0 Å². The van der Waals surface area contributed by atoms with Crippen LogP contribution in [0.2, 0.25) is 0 Å². The molecule has 4 heterocycles. The molecule has 1 unspecified atom stereocenters. The molecule has 0 spiro atoms. The van der Waals surface area contributed by atoms with Crippen molar-refractivity contribution in [3.8, 4) is 11.5 Å². The van der Waals surface area contributed by atoms with Gasteiger partial charge in [-0.1, -0.05) is 35.1 Å². The summed E-state index contributed by atoms with van der Waals surface area (Å²) in [5.41, 5.74) is 3.48. The summed E-state index contributed by atoms with van der Waals surface area (Å²) >= 11 is 0. The van der Waals surface area contributed by atoms with E-state index >= 15 is 0 Å². The molecule has 44 heavy (non-hydrogen) atoms. The Morgan fingerprint density at radius 1 is 0.977 bits per heavy atom. The molecule has 2 aliphatic rings. The van der Waals surface area contributed by atoms with Gasteiger partial charge in [0.05, 0.1) is 6.04 Å². The minimum Gasteiger partial charge on any atom is -0.436 e. The number of carbonyl (C=O) groups excluding carboxylic acids is 2. The predicted octanol–water partition coefficient (Wildman–Crippen LogP) is 4.17. The molecule has 1 aliphatic heterocycles. The first-order chi connectivity index (χ1) is 21.4. The zero-order chi connectivity index (χ0) is 30.2. The van der Waals surface area contributed by atoms with E-state index in [1.165, 1.54) is 0 Å². The monoisotopic (exact) mass is 599 g/mol. The van der Waals surface area contributed by atoms with E-state index < -0.39 is 12.6 Å².